The van der Waals surface area contributed by atoms with Crippen molar-refractivity contribution in [2.45, 2.75) is 24.5 Å². The molecule has 0 aromatic heterocycles. The van der Waals surface area contributed by atoms with Crippen molar-refractivity contribution >= 4 is 34.7 Å². The number of nitro benzene ring substituents is 1. The van der Waals surface area contributed by atoms with Crippen LogP contribution in [0.2, 0.25) is 0 Å². The first-order valence-electron chi connectivity index (χ1n) is 10.2. The topological polar surface area (TPSA) is 198 Å². The number of ketones is 4. The lowest BCUT2D eigenvalue weighted by molar-refractivity contribution is -0.385. The zero-order valence-electron chi connectivity index (χ0n) is 17.7. The molecule has 6 atom stereocenters. The van der Waals surface area contributed by atoms with Gasteiger partial charge in [-0.25, -0.2) is 0 Å². The predicted octanol–water partition coefficient (Wildman–Crippen LogP) is -1.22. The van der Waals surface area contributed by atoms with Crippen LogP contribution in [0.5, 0.6) is 5.75 Å². The van der Waals surface area contributed by atoms with Crippen molar-refractivity contribution in [2.24, 2.45) is 29.4 Å². The molecular weight excluding hydrogens is 438 g/mol. The van der Waals surface area contributed by atoms with Crippen LogP contribution in [0.1, 0.15) is 22.3 Å². The SMILES string of the molecule is CN(C)[C@@H]1C(=O)C(C(N)=O)C(=O)[C@@]2(O)C(=O)C3C(=O)c4c(O)ccc([N+](=O)[O-])c4C[C@H]3C[C@@H]12. The van der Waals surface area contributed by atoms with Gasteiger partial charge in [0.1, 0.15) is 5.75 Å². The Bertz CT molecular complexity index is 1160. The Hall–Kier alpha value is -3.51. The number of aromatic hydroxyl groups is 1. The fraction of sp³-hybridized carbons (Fsp3) is 0.476. The standard InChI is InChI=1S/C21H21N3O9/c1-23(2)15-9-6-7-5-8-10(24(32)33)3-4-11(25)13(8)16(26)12(7)18(28)21(9,31)19(29)14(17(15)27)20(22)30/h3-4,7,9,12,14-15,25,31H,5-6H2,1-2H3,(H2,22,30)/t7-,9-,12?,14?,15-,21-/m0/s1. The third-order valence-electron chi connectivity index (χ3n) is 7.12. The van der Waals surface area contributed by atoms with E-state index in [1.165, 1.54) is 19.0 Å². The maximum Gasteiger partial charge on any atom is 0.273 e. The molecule has 4 N–H and O–H groups in total. The molecule has 0 spiro atoms. The van der Waals surface area contributed by atoms with E-state index in [0.717, 1.165) is 12.1 Å². The Morgan fingerprint density at radius 3 is 2.39 bits per heavy atom. The van der Waals surface area contributed by atoms with Crippen molar-refractivity contribution in [1.29, 1.82) is 0 Å². The summed E-state index contributed by atoms with van der Waals surface area (Å²) in [6, 6.07) is 0.789. The van der Waals surface area contributed by atoms with Gasteiger partial charge in [0.15, 0.2) is 34.7 Å². The molecule has 3 aliphatic carbocycles. The van der Waals surface area contributed by atoms with E-state index in [0.29, 0.717) is 0 Å². The second-order valence-corrected chi connectivity index (χ2v) is 9.00. The molecule has 1 aromatic rings. The van der Waals surface area contributed by atoms with E-state index in [2.05, 4.69) is 0 Å². The molecule has 12 nitrogen and oxygen atoms in total. The van der Waals surface area contributed by atoms with Gasteiger partial charge in [-0.3, -0.25) is 39.0 Å². The van der Waals surface area contributed by atoms with Crippen molar-refractivity contribution in [3.05, 3.63) is 33.4 Å². The minimum absolute atomic E-state index is 0.0469. The smallest absolute Gasteiger partial charge is 0.273 e. The minimum atomic E-state index is -2.83. The highest BCUT2D eigenvalue weighted by Gasteiger charge is 2.69. The molecular formula is C21H21N3O9. The molecule has 2 saturated carbocycles. The van der Waals surface area contributed by atoms with E-state index in [1.54, 1.807) is 0 Å². The number of benzene rings is 1. The van der Waals surface area contributed by atoms with Crippen molar-refractivity contribution in [1.82, 2.24) is 4.90 Å². The lowest BCUT2D eigenvalue weighted by Crippen LogP contribution is -2.74. The number of carbonyl (C=O) groups excluding carboxylic acids is 5. The van der Waals surface area contributed by atoms with Crippen molar-refractivity contribution < 1.29 is 39.1 Å². The number of phenolic OH excluding ortho intramolecular Hbond substituents is 1. The molecule has 0 aliphatic heterocycles. The molecule has 174 valence electrons. The van der Waals surface area contributed by atoms with Crippen LogP contribution in [0.25, 0.3) is 0 Å². The van der Waals surface area contributed by atoms with Crippen LogP contribution in [0.3, 0.4) is 0 Å². The predicted molar refractivity (Wildman–Crippen MR) is 108 cm³/mol. The third-order valence-corrected chi connectivity index (χ3v) is 7.12. The zero-order valence-corrected chi connectivity index (χ0v) is 17.7. The van der Waals surface area contributed by atoms with Gasteiger partial charge in [-0.1, -0.05) is 0 Å². The number of phenols is 1. The molecule has 12 heteroatoms. The van der Waals surface area contributed by atoms with Crippen molar-refractivity contribution in [3.8, 4) is 5.75 Å². The number of fused-ring (bicyclic) bond motifs is 3. The molecule has 33 heavy (non-hydrogen) atoms. The number of amides is 1. The number of nitro groups is 1. The minimum Gasteiger partial charge on any atom is -0.507 e. The van der Waals surface area contributed by atoms with Crippen LogP contribution in [-0.2, 0) is 25.6 Å². The Labute approximate surface area is 186 Å². The fourth-order valence-electron chi connectivity index (χ4n) is 5.76. The molecule has 3 aliphatic rings. The van der Waals surface area contributed by atoms with Gasteiger partial charge in [0, 0.05) is 17.5 Å². The fourth-order valence-corrected chi connectivity index (χ4v) is 5.76. The Balaban J connectivity index is 1.90. The van der Waals surface area contributed by atoms with E-state index >= 15 is 0 Å². The largest absolute Gasteiger partial charge is 0.507 e. The van der Waals surface area contributed by atoms with E-state index in [1.807, 2.05) is 0 Å². The number of likely N-dealkylation sites (N-methyl/N-ethyl adjacent to an activating group) is 1. The van der Waals surface area contributed by atoms with Crippen LogP contribution in [-0.4, -0.2) is 74.8 Å². The number of Topliss-reactive ketones (excluding diaryl/α,β-unsaturated/α-hetero) is 4. The summed E-state index contributed by atoms with van der Waals surface area (Å²) >= 11 is 0. The molecule has 2 fully saturated rings. The Kier molecular flexibility index (Phi) is 4.98. The molecule has 0 bridgehead atoms. The van der Waals surface area contributed by atoms with Gasteiger partial charge in [-0.15, -0.1) is 0 Å². The van der Waals surface area contributed by atoms with Crippen LogP contribution in [0.15, 0.2) is 12.1 Å². The average Bonchev–Trinajstić information content (AvgIpc) is 2.70. The lowest BCUT2D eigenvalue weighted by atomic mass is 9.52. The molecule has 4 rings (SSSR count). The number of aliphatic hydroxyl groups is 1. The van der Waals surface area contributed by atoms with E-state index in [9.17, 15) is 44.3 Å². The van der Waals surface area contributed by atoms with Gasteiger partial charge < -0.3 is 15.9 Å². The molecule has 0 saturated heterocycles. The zero-order chi connectivity index (χ0) is 24.6. The number of primary amides is 1. The van der Waals surface area contributed by atoms with Crippen LogP contribution in [0, 0.1) is 33.8 Å². The first-order chi connectivity index (χ1) is 15.3. The second-order valence-electron chi connectivity index (χ2n) is 9.00. The molecule has 0 heterocycles. The monoisotopic (exact) mass is 459 g/mol. The van der Waals surface area contributed by atoms with Crippen molar-refractivity contribution in [3.63, 3.8) is 0 Å². The van der Waals surface area contributed by atoms with Crippen LogP contribution in [0.4, 0.5) is 5.69 Å². The molecule has 1 aromatic carbocycles. The van der Waals surface area contributed by atoms with Gasteiger partial charge in [0.2, 0.25) is 5.91 Å². The summed E-state index contributed by atoms with van der Waals surface area (Å²) < 4.78 is 0. The third kappa shape index (κ3) is 2.87. The quantitative estimate of drug-likeness (QED) is 0.279. The highest BCUT2D eigenvalue weighted by atomic mass is 16.6. The van der Waals surface area contributed by atoms with E-state index in [4.69, 9.17) is 5.73 Å². The van der Waals surface area contributed by atoms with Gasteiger partial charge >= 0.3 is 0 Å². The summed E-state index contributed by atoms with van der Waals surface area (Å²) in [7, 11) is 2.94. The summed E-state index contributed by atoms with van der Waals surface area (Å²) in [6.07, 6.45) is -0.326. The Morgan fingerprint density at radius 1 is 1.21 bits per heavy atom. The normalized spacial score (nSPS) is 33.4. The molecule has 1 amide bonds. The molecule has 2 unspecified atom stereocenters. The first-order valence-corrected chi connectivity index (χ1v) is 10.2. The summed E-state index contributed by atoms with van der Waals surface area (Å²) in [4.78, 5) is 76.9. The summed E-state index contributed by atoms with van der Waals surface area (Å²) in [5.74, 6) is -12.0. The number of rotatable bonds is 3. The van der Waals surface area contributed by atoms with E-state index < -0.39 is 86.3 Å². The van der Waals surface area contributed by atoms with Crippen LogP contribution >= 0.6 is 0 Å². The van der Waals surface area contributed by atoms with Gasteiger partial charge in [0.05, 0.1) is 22.4 Å². The first kappa shape index (κ1) is 22.7. The maximum atomic E-state index is 13.5. The van der Waals surface area contributed by atoms with Gasteiger partial charge in [0.25, 0.3) is 5.69 Å². The van der Waals surface area contributed by atoms with Gasteiger partial charge in [-0.05, 0) is 38.9 Å². The number of nitrogens with two attached hydrogens (primary N) is 1. The number of carbonyl (C=O) groups is 5. The van der Waals surface area contributed by atoms with Crippen molar-refractivity contribution in [2.75, 3.05) is 14.1 Å². The maximum absolute atomic E-state index is 13.5. The summed E-state index contributed by atoms with van der Waals surface area (Å²) in [5, 5.41) is 33.1. The second kappa shape index (κ2) is 7.25. The lowest BCUT2D eigenvalue weighted by Gasteiger charge is -2.52. The Morgan fingerprint density at radius 2 is 1.85 bits per heavy atom. The summed E-state index contributed by atoms with van der Waals surface area (Å²) in [6.45, 7) is 0. The summed E-state index contributed by atoms with van der Waals surface area (Å²) in [5.41, 5.74) is 1.55. The number of nitrogens with zero attached hydrogens (tertiary/aromatic N) is 2. The highest BCUT2D eigenvalue weighted by Crippen LogP contribution is 2.51. The molecule has 0 radical (unpaired) electrons. The van der Waals surface area contributed by atoms with Gasteiger partial charge in [-0.2, -0.15) is 0 Å². The van der Waals surface area contributed by atoms with E-state index in [-0.39, 0.29) is 18.4 Å². The van der Waals surface area contributed by atoms with Crippen LogP contribution < -0.4 is 5.73 Å². The highest BCUT2D eigenvalue weighted by molar-refractivity contribution is 6.32. The number of hydrogen-bond donors (Lipinski definition) is 3. The average molecular weight is 459 g/mol. The number of hydrogen-bond acceptors (Lipinski definition) is 10.